The highest BCUT2D eigenvalue weighted by Crippen LogP contribution is 2.41. The van der Waals surface area contributed by atoms with Gasteiger partial charge in [0.1, 0.15) is 0 Å². The molecule has 0 spiro atoms. The van der Waals surface area contributed by atoms with Crippen molar-refractivity contribution < 1.29 is 0 Å². The summed E-state index contributed by atoms with van der Waals surface area (Å²) in [5.74, 6) is 0. The number of fused-ring (bicyclic) bond motifs is 2. The molecule has 0 aliphatic carbocycles. The third kappa shape index (κ3) is 2.51. The summed E-state index contributed by atoms with van der Waals surface area (Å²) in [6, 6.07) is 23.1. The van der Waals surface area contributed by atoms with E-state index in [4.69, 9.17) is 0 Å². The normalized spacial score (nSPS) is 12.4. The molecule has 3 aromatic rings. The average molecular weight is 366 g/mol. The fraction of sp³-hybridized carbons (Fsp3) is 0. The van der Waals surface area contributed by atoms with Crippen LogP contribution in [0.4, 0.5) is 5.69 Å². The molecule has 4 rings (SSSR count). The fourth-order valence-electron chi connectivity index (χ4n) is 2.55. The van der Waals surface area contributed by atoms with Crippen LogP contribution in [-0.2, 0) is 0 Å². The lowest BCUT2D eigenvalue weighted by Crippen LogP contribution is -1.90. The van der Waals surface area contributed by atoms with Crippen LogP contribution in [0.25, 0.3) is 11.1 Å². The Labute approximate surface area is 142 Å². The second kappa shape index (κ2) is 5.75. The first-order valence-electron chi connectivity index (χ1n) is 7.01. The third-order valence-corrected chi connectivity index (χ3v) is 5.31. The summed E-state index contributed by atoms with van der Waals surface area (Å²) in [5, 5.41) is 0. The van der Waals surface area contributed by atoms with E-state index in [1.807, 2.05) is 12.3 Å². The van der Waals surface area contributed by atoms with Crippen LogP contribution in [0.5, 0.6) is 0 Å². The van der Waals surface area contributed by atoms with Gasteiger partial charge >= 0.3 is 0 Å². The molecule has 1 heterocycles. The van der Waals surface area contributed by atoms with Gasteiger partial charge in [-0.3, -0.25) is 4.99 Å². The molecular formula is C19H12BrNS. The zero-order chi connectivity index (χ0) is 14.9. The lowest BCUT2D eigenvalue weighted by molar-refractivity contribution is 1.38. The van der Waals surface area contributed by atoms with Crippen LogP contribution in [-0.4, -0.2) is 6.21 Å². The monoisotopic (exact) mass is 365 g/mol. The maximum Gasteiger partial charge on any atom is 0.0769 e. The summed E-state index contributed by atoms with van der Waals surface area (Å²) in [5.41, 5.74) is 4.64. The number of hydrogen-bond acceptors (Lipinski definition) is 2. The number of hydrogen-bond donors (Lipinski definition) is 0. The van der Waals surface area contributed by atoms with E-state index in [2.05, 4.69) is 81.6 Å². The van der Waals surface area contributed by atoms with Crippen LogP contribution in [0.1, 0.15) is 5.56 Å². The number of rotatable bonds is 1. The molecule has 1 aliphatic heterocycles. The van der Waals surface area contributed by atoms with Crippen molar-refractivity contribution in [3.8, 4) is 11.1 Å². The van der Waals surface area contributed by atoms with Crippen molar-refractivity contribution >= 4 is 39.6 Å². The predicted molar refractivity (Wildman–Crippen MR) is 97.4 cm³/mol. The van der Waals surface area contributed by atoms with E-state index in [1.165, 1.54) is 26.5 Å². The molecule has 22 heavy (non-hydrogen) atoms. The van der Waals surface area contributed by atoms with Gasteiger partial charge < -0.3 is 0 Å². The minimum Gasteiger partial charge on any atom is -0.255 e. The molecule has 3 aromatic carbocycles. The van der Waals surface area contributed by atoms with E-state index in [1.54, 1.807) is 11.8 Å². The first-order valence-corrected chi connectivity index (χ1v) is 8.62. The zero-order valence-electron chi connectivity index (χ0n) is 11.7. The van der Waals surface area contributed by atoms with Gasteiger partial charge in [0.15, 0.2) is 0 Å². The average Bonchev–Trinajstić information content (AvgIpc) is 2.74. The SMILES string of the molecule is Brc1ccc(-c2cccc3c2C=Nc2ccccc2S3)cc1. The van der Waals surface area contributed by atoms with Crippen molar-refractivity contribution in [2.45, 2.75) is 9.79 Å². The summed E-state index contributed by atoms with van der Waals surface area (Å²) >= 11 is 5.28. The third-order valence-electron chi connectivity index (χ3n) is 3.64. The standard InChI is InChI=1S/C19H12BrNS/c20-14-10-8-13(9-11-14)15-4-3-7-18-16(15)12-21-17-5-1-2-6-19(17)22-18/h1-12H. The molecule has 0 atom stereocenters. The molecule has 0 fully saturated rings. The first kappa shape index (κ1) is 13.8. The highest BCUT2D eigenvalue weighted by molar-refractivity contribution is 9.10. The van der Waals surface area contributed by atoms with Crippen LogP contribution >= 0.6 is 27.7 Å². The second-order valence-corrected chi connectivity index (χ2v) is 7.05. The maximum atomic E-state index is 4.68. The smallest absolute Gasteiger partial charge is 0.0769 e. The van der Waals surface area contributed by atoms with Crippen molar-refractivity contribution in [2.24, 2.45) is 4.99 Å². The van der Waals surface area contributed by atoms with E-state index in [0.29, 0.717) is 0 Å². The Hall–Kier alpha value is -1.84. The van der Waals surface area contributed by atoms with E-state index in [0.717, 1.165) is 10.2 Å². The van der Waals surface area contributed by atoms with Gasteiger partial charge in [-0.1, -0.05) is 64.1 Å². The van der Waals surface area contributed by atoms with Gasteiger partial charge in [0.25, 0.3) is 0 Å². The molecule has 1 aliphatic rings. The molecule has 1 nitrogen and oxygen atoms in total. The van der Waals surface area contributed by atoms with Crippen LogP contribution < -0.4 is 0 Å². The quantitative estimate of drug-likeness (QED) is 0.383. The molecule has 0 radical (unpaired) electrons. The van der Waals surface area contributed by atoms with Gasteiger partial charge in [-0.05, 0) is 41.5 Å². The topological polar surface area (TPSA) is 12.4 Å². The second-order valence-electron chi connectivity index (χ2n) is 5.05. The van der Waals surface area contributed by atoms with Crippen molar-refractivity contribution in [1.29, 1.82) is 0 Å². The zero-order valence-corrected chi connectivity index (χ0v) is 14.1. The lowest BCUT2D eigenvalue weighted by Gasteiger charge is -2.10. The van der Waals surface area contributed by atoms with E-state index >= 15 is 0 Å². The Kier molecular flexibility index (Phi) is 3.60. The Bertz CT molecular complexity index is 869. The van der Waals surface area contributed by atoms with Crippen LogP contribution in [0.2, 0.25) is 0 Å². The van der Waals surface area contributed by atoms with Crippen LogP contribution in [0, 0.1) is 0 Å². The molecular weight excluding hydrogens is 354 g/mol. The van der Waals surface area contributed by atoms with Gasteiger partial charge in [0, 0.05) is 26.0 Å². The first-order chi connectivity index (χ1) is 10.8. The maximum absolute atomic E-state index is 4.68. The van der Waals surface area contributed by atoms with Gasteiger partial charge in [-0.15, -0.1) is 0 Å². The number of para-hydroxylation sites is 1. The summed E-state index contributed by atoms with van der Waals surface area (Å²) < 4.78 is 1.09. The highest BCUT2D eigenvalue weighted by Gasteiger charge is 2.14. The Balaban J connectivity index is 1.88. The molecule has 0 unspecified atom stereocenters. The molecule has 0 saturated heterocycles. The molecule has 0 aromatic heterocycles. The molecule has 0 bridgehead atoms. The van der Waals surface area contributed by atoms with E-state index < -0.39 is 0 Å². The van der Waals surface area contributed by atoms with Gasteiger partial charge in [-0.2, -0.15) is 0 Å². The van der Waals surface area contributed by atoms with Gasteiger partial charge in [0.05, 0.1) is 5.69 Å². The van der Waals surface area contributed by atoms with Crippen LogP contribution in [0.15, 0.2) is 86.0 Å². The summed E-state index contributed by atoms with van der Waals surface area (Å²) in [6.45, 7) is 0. The van der Waals surface area contributed by atoms with Crippen molar-refractivity contribution in [3.63, 3.8) is 0 Å². The van der Waals surface area contributed by atoms with Crippen molar-refractivity contribution in [3.05, 3.63) is 76.8 Å². The Morgan fingerprint density at radius 1 is 0.773 bits per heavy atom. The van der Waals surface area contributed by atoms with Crippen LogP contribution in [0.3, 0.4) is 0 Å². The summed E-state index contributed by atoms with van der Waals surface area (Å²) in [4.78, 5) is 7.12. The van der Waals surface area contributed by atoms with Crippen molar-refractivity contribution in [1.82, 2.24) is 0 Å². The van der Waals surface area contributed by atoms with E-state index in [9.17, 15) is 0 Å². The number of benzene rings is 3. The number of aliphatic imine (C=N–C) groups is 1. The summed E-state index contributed by atoms with van der Waals surface area (Å²) in [7, 11) is 0. The Morgan fingerprint density at radius 2 is 1.55 bits per heavy atom. The molecule has 106 valence electrons. The Morgan fingerprint density at radius 3 is 2.41 bits per heavy atom. The van der Waals surface area contributed by atoms with Gasteiger partial charge in [-0.25, -0.2) is 0 Å². The molecule has 3 heteroatoms. The summed E-state index contributed by atoms with van der Waals surface area (Å²) in [6.07, 6.45) is 1.99. The highest BCUT2D eigenvalue weighted by atomic mass is 79.9. The largest absolute Gasteiger partial charge is 0.255 e. The van der Waals surface area contributed by atoms with E-state index in [-0.39, 0.29) is 0 Å². The molecule has 0 amide bonds. The minimum absolute atomic E-state index is 1.03. The fourth-order valence-corrected chi connectivity index (χ4v) is 3.84. The van der Waals surface area contributed by atoms with Crippen molar-refractivity contribution in [2.75, 3.05) is 0 Å². The molecule has 0 N–H and O–H groups in total. The minimum atomic E-state index is 1.03. The predicted octanol–water partition coefficient (Wildman–Crippen LogP) is 6.33. The number of nitrogens with zero attached hydrogens (tertiary/aromatic N) is 1. The lowest BCUT2D eigenvalue weighted by atomic mass is 10.0. The number of halogens is 1. The molecule has 0 saturated carbocycles. The van der Waals surface area contributed by atoms with Gasteiger partial charge in [0.2, 0.25) is 0 Å².